The molecule has 0 aliphatic heterocycles. The summed E-state index contributed by atoms with van der Waals surface area (Å²) < 4.78 is 44.5. The van der Waals surface area contributed by atoms with E-state index in [2.05, 4.69) is 24.5 Å². The first-order chi connectivity index (χ1) is 25.4. The van der Waals surface area contributed by atoms with Gasteiger partial charge < -0.3 is 37.9 Å². The zero-order chi connectivity index (χ0) is 36.8. The molecular formula is C42H38O10. The van der Waals surface area contributed by atoms with Crippen molar-refractivity contribution in [1.82, 2.24) is 0 Å². The van der Waals surface area contributed by atoms with Crippen molar-refractivity contribution >= 4 is 11.9 Å². The van der Waals surface area contributed by atoms with Crippen LogP contribution in [0.2, 0.25) is 0 Å². The van der Waals surface area contributed by atoms with Crippen molar-refractivity contribution < 1.29 is 47.5 Å². The maximum absolute atomic E-state index is 11.9. The Hall–Kier alpha value is -6.94. The van der Waals surface area contributed by atoms with Crippen LogP contribution in [0.25, 0.3) is 0 Å². The highest BCUT2D eigenvalue weighted by Gasteiger charge is 2.16. The average molecular weight is 703 g/mol. The highest BCUT2D eigenvalue weighted by Crippen LogP contribution is 2.26. The van der Waals surface area contributed by atoms with Crippen LogP contribution in [0, 0.1) is 0 Å². The predicted molar refractivity (Wildman–Crippen MR) is 196 cm³/mol. The largest absolute Gasteiger partial charge is 0.490 e. The molecule has 5 aromatic rings. The molecular weight excluding hydrogens is 664 g/mol. The van der Waals surface area contributed by atoms with Gasteiger partial charge in [0.05, 0.1) is 6.26 Å². The van der Waals surface area contributed by atoms with E-state index >= 15 is 0 Å². The van der Waals surface area contributed by atoms with E-state index in [1.54, 1.807) is 60.7 Å². The molecule has 0 fully saturated rings. The van der Waals surface area contributed by atoms with Crippen molar-refractivity contribution in [3.8, 4) is 46.0 Å². The van der Waals surface area contributed by atoms with Gasteiger partial charge in [0.15, 0.2) is 6.10 Å². The van der Waals surface area contributed by atoms with Crippen molar-refractivity contribution in [3.05, 3.63) is 172 Å². The van der Waals surface area contributed by atoms with E-state index in [1.165, 1.54) is 0 Å². The molecule has 0 spiro atoms. The van der Waals surface area contributed by atoms with Gasteiger partial charge in [-0.3, -0.25) is 0 Å². The number of carbonyl (C=O) groups is 2. The third-order valence-corrected chi connectivity index (χ3v) is 6.55. The Kier molecular flexibility index (Phi) is 15.4. The molecule has 0 heterocycles. The second-order valence-corrected chi connectivity index (χ2v) is 10.3. The molecule has 1 unspecified atom stereocenters. The van der Waals surface area contributed by atoms with Crippen LogP contribution in [0.15, 0.2) is 172 Å². The molecule has 1 atom stereocenters. The van der Waals surface area contributed by atoms with Crippen LogP contribution in [0.4, 0.5) is 0 Å². The van der Waals surface area contributed by atoms with Crippen LogP contribution in [-0.2, 0) is 19.1 Å². The van der Waals surface area contributed by atoms with E-state index in [0.29, 0.717) is 34.5 Å². The molecule has 0 N–H and O–H groups in total. The van der Waals surface area contributed by atoms with Gasteiger partial charge in [0.2, 0.25) is 6.79 Å². The lowest BCUT2D eigenvalue weighted by Gasteiger charge is -2.19. The fourth-order valence-electron chi connectivity index (χ4n) is 4.11. The molecule has 0 saturated carbocycles. The topological polar surface area (TPSA) is 108 Å². The zero-order valence-corrected chi connectivity index (χ0v) is 28.3. The molecule has 0 amide bonds. The van der Waals surface area contributed by atoms with E-state index in [4.69, 9.17) is 33.2 Å². The van der Waals surface area contributed by atoms with Crippen molar-refractivity contribution in [2.45, 2.75) is 6.10 Å². The minimum Gasteiger partial charge on any atom is -0.490 e. The lowest BCUT2D eigenvalue weighted by Crippen LogP contribution is -2.30. The Morgan fingerprint density at radius 2 is 0.885 bits per heavy atom. The summed E-state index contributed by atoms with van der Waals surface area (Å²) in [5, 5.41) is 0. The molecule has 5 aromatic carbocycles. The Morgan fingerprint density at radius 1 is 0.481 bits per heavy atom. The lowest BCUT2D eigenvalue weighted by molar-refractivity contribution is -0.146. The van der Waals surface area contributed by atoms with Gasteiger partial charge in [-0.1, -0.05) is 62.2 Å². The summed E-state index contributed by atoms with van der Waals surface area (Å²) in [7, 11) is 0. The third kappa shape index (κ3) is 13.9. The quantitative estimate of drug-likeness (QED) is 0.0380. The average Bonchev–Trinajstić information content (AvgIpc) is 3.18. The first kappa shape index (κ1) is 37.9. The van der Waals surface area contributed by atoms with Gasteiger partial charge in [0.1, 0.15) is 59.2 Å². The SMILES string of the molecule is C=CC(=O)OC(COc1ccc(Oc2ccccc2)cc1)COc1cccc(OCOc2ccc(Oc3ccccc3)cc2)c1.C=COC(=O)C=C. The molecule has 0 aromatic heterocycles. The monoisotopic (exact) mass is 702 g/mol. The Labute approximate surface area is 302 Å². The standard InChI is InChI=1S/C37H32O8.C5H6O2/c1-2-37(38)45-36(25-39-28-16-20-32(21-17-28)43-30-10-5-3-6-11-30)26-40-34-14-9-15-35(24-34)42-27-41-29-18-22-33(23-19-29)44-31-12-7-4-8-13-31;1-3-5(6)7-4-2/h2-24,36H,1,25-27H2;3-4H,1-2H2. The maximum atomic E-state index is 11.9. The number of hydrogen-bond donors (Lipinski definition) is 0. The first-order valence-electron chi connectivity index (χ1n) is 16.0. The van der Waals surface area contributed by atoms with Crippen LogP contribution >= 0.6 is 0 Å². The van der Waals surface area contributed by atoms with Gasteiger partial charge in [0, 0.05) is 18.2 Å². The van der Waals surface area contributed by atoms with Gasteiger partial charge in [-0.2, -0.15) is 0 Å². The van der Waals surface area contributed by atoms with Gasteiger partial charge in [-0.25, -0.2) is 9.59 Å². The number of benzene rings is 5. The highest BCUT2D eigenvalue weighted by atomic mass is 16.7. The van der Waals surface area contributed by atoms with Crippen LogP contribution in [0.5, 0.6) is 46.0 Å². The molecule has 0 saturated heterocycles. The Morgan fingerprint density at radius 3 is 1.37 bits per heavy atom. The van der Waals surface area contributed by atoms with Gasteiger partial charge in [0.25, 0.3) is 0 Å². The minimum absolute atomic E-state index is 0.00899. The zero-order valence-electron chi connectivity index (χ0n) is 28.3. The molecule has 266 valence electrons. The smallest absolute Gasteiger partial charge is 0.334 e. The van der Waals surface area contributed by atoms with Crippen molar-refractivity contribution in [1.29, 1.82) is 0 Å². The third-order valence-electron chi connectivity index (χ3n) is 6.55. The van der Waals surface area contributed by atoms with Gasteiger partial charge in [-0.15, -0.1) is 0 Å². The number of ether oxygens (including phenoxy) is 8. The van der Waals surface area contributed by atoms with Gasteiger partial charge in [-0.05, 0) is 84.9 Å². The van der Waals surface area contributed by atoms with Crippen LogP contribution in [-0.4, -0.2) is 38.0 Å². The number of rotatable bonds is 18. The molecule has 5 rings (SSSR count). The molecule has 10 heteroatoms. The molecule has 0 radical (unpaired) electrons. The predicted octanol–water partition coefficient (Wildman–Crippen LogP) is 9.10. The van der Waals surface area contributed by atoms with E-state index in [0.717, 1.165) is 29.9 Å². The van der Waals surface area contributed by atoms with E-state index in [-0.39, 0.29) is 20.0 Å². The van der Waals surface area contributed by atoms with E-state index < -0.39 is 18.0 Å². The molecule has 0 bridgehead atoms. The van der Waals surface area contributed by atoms with Crippen molar-refractivity contribution in [3.63, 3.8) is 0 Å². The van der Waals surface area contributed by atoms with E-state index in [9.17, 15) is 9.59 Å². The minimum atomic E-state index is -0.697. The summed E-state index contributed by atoms with van der Waals surface area (Å²) in [6.45, 7) is 9.89. The summed E-state index contributed by atoms with van der Waals surface area (Å²) in [6.07, 6.45) is 2.53. The Bertz CT molecular complexity index is 1840. The normalized spacial score (nSPS) is 10.5. The van der Waals surface area contributed by atoms with Crippen LogP contribution in [0.1, 0.15) is 0 Å². The number of hydrogen-bond acceptors (Lipinski definition) is 10. The summed E-state index contributed by atoms with van der Waals surface area (Å²) in [4.78, 5) is 21.9. The number of para-hydroxylation sites is 2. The molecule has 10 nitrogen and oxygen atoms in total. The van der Waals surface area contributed by atoms with E-state index in [1.807, 2.05) is 72.8 Å². The van der Waals surface area contributed by atoms with Gasteiger partial charge >= 0.3 is 11.9 Å². The van der Waals surface area contributed by atoms with Crippen molar-refractivity contribution in [2.24, 2.45) is 0 Å². The molecule has 52 heavy (non-hydrogen) atoms. The van der Waals surface area contributed by atoms with Crippen LogP contribution < -0.4 is 28.4 Å². The fourth-order valence-corrected chi connectivity index (χ4v) is 4.11. The molecule has 0 aliphatic carbocycles. The molecule has 0 aliphatic rings. The Balaban J connectivity index is 0.000000785. The number of carbonyl (C=O) groups excluding carboxylic acids is 2. The second kappa shape index (κ2) is 21.2. The van der Waals surface area contributed by atoms with Crippen LogP contribution in [0.3, 0.4) is 0 Å². The highest BCUT2D eigenvalue weighted by molar-refractivity contribution is 5.81. The number of esters is 2. The van der Waals surface area contributed by atoms with Crippen molar-refractivity contribution in [2.75, 3.05) is 20.0 Å². The summed E-state index contributed by atoms with van der Waals surface area (Å²) in [5.41, 5.74) is 0. The summed E-state index contributed by atoms with van der Waals surface area (Å²) in [6, 6.07) is 40.5. The fraction of sp³-hybridized carbons (Fsp3) is 0.0952. The first-order valence-corrected chi connectivity index (χ1v) is 16.0. The summed E-state index contributed by atoms with van der Waals surface area (Å²) >= 11 is 0. The second-order valence-electron chi connectivity index (χ2n) is 10.3. The lowest BCUT2D eigenvalue weighted by atomic mass is 10.3. The summed E-state index contributed by atoms with van der Waals surface area (Å²) in [5.74, 6) is 4.11. The maximum Gasteiger partial charge on any atom is 0.334 e.